The quantitative estimate of drug-likeness (QED) is 0.535. The van der Waals surface area contributed by atoms with E-state index in [1.807, 2.05) is 18.2 Å². The van der Waals surface area contributed by atoms with Crippen LogP contribution in [0.15, 0.2) is 36.9 Å². The van der Waals surface area contributed by atoms with Gasteiger partial charge in [0.05, 0.1) is 6.61 Å². The maximum atomic E-state index is 5.65. The van der Waals surface area contributed by atoms with Crippen LogP contribution < -0.4 is 10.1 Å². The fraction of sp³-hybridized carbons (Fsp3) is 0.429. The normalized spacial score (nSPS) is 10.1. The Morgan fingerprint density at radius 1 is 1.44 bits per heavy atom. The van der Waals surface area contributed by atoms with Crippen LogP contribution in [-0.4, -0.2) is 13.2 Å². The van der Waals surface area contributed by atoms with E-state index in [0.29, 0.717) is 0 Å². The lowest BCUT2D eigenvalue weighted by molar-refractivity contribution is 0.309. The summed E-state index contributed by atoms with van der Waals surface area (Å²) < 4.78 is 5.65. The van der Waals surface area contributed by atoms with Gasteiger partial charge in [0.15, 0.2) is 0 Å². The SMILES string of the molecule is C=CCNCc1cccc(OCCCC)c1. The highest BCUT2D eigenvalue weighted by atomic mass is 16.5. The molecule has 0 spiro atoms. The molecule has 0 atom stereocenters. The number of nitrogens with one attached hydrogen (secondary N) is 1. The standard InChI is InChI=1S/C14H21NO/c1-3-5-10-16-14-8-6-7-13(11-14)12-15-9-4-2/h4,6-8,11,15H,2-3,5,9-10,12H2,1H3. The van der Waals surface area contributed by atoms with Gasteiger partial charge in [-0.05, 0) is 24.1 Å². The average molecular weight is 219 g/mol. The van der Waals surface area contributed by atoms with Crippen LogP contribution in [0.25, 0.3) is 0 Å². The van der Waals surface area contributed by atoms with E-state index in [1.165, 1.54) is 12.0 Å². The summed E-state index contributed by atoms with van der Waals surface area (Å²) in [6, 6.07) is 8.23. The monoisotopic (exact) mass is 219 g/mol. The molecule has 1 aromatic carbocycles. The second-order valence-electron chi connectivity index (χ2n) is 3.77. The van der Waals surface area contributed by atoms with Crippen molar-refractivity contribution in [1.29, 1.82) is 0 Å². The molecule has 0 saturated heterocycles. The maximum absolute atomic E-state index is 5.65. The van der Waals surface area contributed by atoms with Gasteiger partial charge >= 0.3 is 0 Å². The van der Waals surface area contributed by atoms with E-state index >= 15 is 0 Å². The molecule has 0 saturated carbocycles. The van der Waals surface area contributed by atoms with Crippen molar-refractivity contribution in [2.75, 3.05) is 13.2 Å². The molecule has 0 aliphatic carbocycles. The van der Waals surface area contributed by atoms with E-state index in [9.17, 15) is 0 Å². The molecule has 1 N–H and O–H groups in total. The summed E-state index contributed by atoms with van der Waals surface area (Å²) in [5, 5.41) is 3.27. The lowest BCUT2D eigenvalue weighted by atomic mass is 10.2. The first-order valence-electron chi connectivity index (χ1n) is 5.90. The smallest absolute Gasteiger partial charge is 0.119 e. The Balaban J connectivity index is 2.40. The fourth-order valence-electron chi connectivity index (χ4n) is 1.40. The molecule has 0 aliphatic rings. The van der Waals surface area contributed by atoms with Gasteiger partial charge < -0.3 is 10.1 Å². The van der Waals surface area contributed by atoms with Gasteiger partial charge in [0.1, 0.15) is 5.75 Å². The number of hydrogen-bond donors (Lipinski definition) is 1. The van der Waals surface area contributed by atoms with Crippen LogP contribution in [0.4, 0.5) is 0 Å². The fourth-order valence-corrected chi connectivity index (χ4v) is 1.40. The van der Waals surface area contributed by atoms with Gasteiger partial charge in [-0.25, -0.2) is 0 Å². The molecule has 2 nitrogen and oxygen atoms in total. The molecule has 0 heterocycles. The number of rotatable bonds is 8. The summed E-state index contributed by atoms with van der Waals surface area (Å²) in [5.41, 5.74) is 1.25. The van der Waals surface area contributed by atoms with Crippen LogP contribution in [0.5, 0.6) is 5.75 Å². The highest BCUT2D eigenvalue weighted by molar-refractivity contribution is 5.28. The van der Waals surface area contributed by atoms with E-state index in [1.54, 1.807) is 0 Å². The van der Waals surface area contributed by atoms with Gasteiger partial charge in [-0.15, -0.1) is 6.58 Å². The van der Waals surface area contributed by atoms with E-state index in [4.69, 9.17) is 4.74 Å². The van der Waals surface area contributed by atoms with Gasteiger partial charge in [-0.3, -0.25) is 0 Å². The Labute approximate surface area is 98.3 Å². The van der Waals surface area contributed by atoms with Gasteiger partial charge in [0.2, 0.25) is 0 Å². The van der Waals surface area contributed by atoms with Gasteiger partial charge in [0.25, 0.3) is 0 Å². The van der Waals surface area contributed by atoms with Crippen molar-refractivity contribution in [3.8, 4) is 5.75 Å². The highest BCUT2D eigenvalue weighted by Crippen LogP contribution is 2.13. The first-order valence-corrected chi connectivity index (χ1v) is 5.90. The molecule has 88 valence electrons. The molecule has 0 bridgehead atoms. The molecule has 0 radical (unpaired) electrons. The highest BCUT2D eigenvalue weighted by Gasteiger charge is 1.96. The van der Waals surface area contributed by atoms with Gasteiger partial charge in [-0.1, -0.05) is 31.6 Å². The van der Waals surface area contributed by atoms with E-state index in [0.717, 1.165) is 31.9 Å². The van der Waals surface area contributed by atoms with Crippen LogP contribution in [0.2, 0.25) is 0 Å². The lowest BCUT2D eigenvalue weighted by Gasteiger charge is -2.07. The van der Waals surface area contributed by atoms with Crippen LogP contribution in [-0.2, 0) is 6.54 Å². The molecule has 2 heteroatoms. The third kappa shape index (κ3) is 4.99. The van der Waals surface area contributed by atoms with Crippen LogP contribution in [0, 0.1) is 0 Å². The largest absolute Gasteiger partial charge is 0.494 e. The van der Waals surface area contributed by atoms with Crippen LogP contribution >= 0.6 is 0 Å². The predicted octanol–water partition coefficient (Wildman–Crippen LogP) is 3.14. The van der Waals surface area contributed by atoms with Crippen LogP contribution in [0.3, 0.4) is 0 Å². The van der Waals surface area contributed by atoms with Gasteiger partial charge in [-0.2, -0.15) is 0 Å². The molecule has 1 rings (SSSR count). The minimum Gasteiger partial charge on any atom is -0.494 e. The summed E-state index contributed by atoms with van der Waals surface area (Å²) in [5.74, 6) is 0.964. The molecule has 0 amide bonds. The van der Waals surface area contributed by atoms with E-state index in [2.05, 4.69) is 31.0 Å². The second kappa shape index (κ2) is 7.94. The third-order valence-corrected chi connectivity index (χ3v) is 2.28. The number of ether oxygens (including phenoxy) is 1. The zero-order chi connectivity index (χ0) is 11.6. The van der Waals surface area contributed by atoms with E-state index < -0.39 is 0 Å². The predicted molar refractivity (Wildman–Crippen MR) is 68.7 cm³/mol. The molecule has 0 unspecified atom stereocenters. The molecule has 16 heavy (non-hydrogen) atoms. The summed E-state index contributed by atoms with van der Waals surface area (Å²) in [6.07, 6.45) is 4.14. The Hall–Kier alpha value is -1.28. The Morgan fingerprint density at radius 2 is 2.31 bits per heavy atom. The first-order chi connectivity index (χ1) is 7.86. The molecule has 0 fully saturated rings. The Morgan fingerprint density at radius 3 is 3.06 bits per heavy atom. The summed E-state index contributed by atoms with van der Waals surface area (Å²) in [6.45, 7) is 8.34. The van der Waals surface area contributed by atoms with Crippen molar-refractivity contribution in [2.45, 2.75) is 26.3 Å². The second-order valence-corrected chi connectivity index (χ2v) is 3.77. The van der Waals surface area contributed by atoms with Crippen LogP contribution in [0.1, 0.15) is 25.3 Å². The average Bonchev–Trinajstić information content (AvgIpc) is 2.30. The number of benzene rings is 1. The zero-order valence-corrected chi connectivity index (χ0v) is 10.0. The van der Waals surface area contributed by atoms with Crippen molar-refractivity contribution in [2.24, 2.45) is 0 Å². The lowest BCUT2D eigenvalue weighted by Crippen LogP contribution is -2.12. The van der Waals surface area contributed by atoms with E-state index in [-0.39, 0.29) is 0 Å². The third-order valence-electron chi connectivity index (χ3n) is 2.28. The Kier molecular flexibility index (Phi) is 6.35. The van der Waals surface area contributed by atoms with Crippen molar-refractivity contribution in [3.05, 3.63) is 42.5 Å². The zero-order valence-electron chi connectivity index (χ0n) is 10.0. The molecule has 1 aromatic rings. The minimum absolute atomic E-state index is 0.806. The first kappa shape index (κ1) is 12.8. The number of hydrogen-bond acceptors (Lipinski definition) is 2. The summed E-state index contributed by atoms with van der Waals surface area (Å²) >= 11 is 0. The van der Waals surface area contributed by atoms with Crippen molar-refractivity contribution >= 4 is 0 Å². The number of unbranched alkanes of at least 4 members (excludes halogenated alkanes) is 1. The minimum atomic E-state index is 0.806. The van der Waals surface area contributed by atoms with Crippen molar-refractivity contribution in [3.63, 3.8) is 0 Å². The molecule has 0 aliphatic heterocycles. The summed E-state index contributed by atoms with van der Waals surface area (Å²) in [4.78, 5) is 0. The van der Waals surface area contributed by atoms with Gasteiger partial charge in [0, 0.05) is 13.1 Å². The Bertz CT molecular complexity index is 309. The molecular weight excluding hydrogens is 198 g/mol. The van der Waals surface area contributed by atoms with Crippen molar-refractivity contribution < 1.29 is 4.74 Å². The molecule has 0 aromatic heterocycles. The summed E-state index contributed by atoms with van der Waals surface area (Å²) in [7, 11) is 0. The topological polar surface area (TPSA) is 21.3 Å². The van der Waals surface area contributed by atoms with Crippen molar-refractivity contribution in [1.82, 2.24) is 5.32 Å². The molecular formula is C14H21NO. The maximum Gasteiger partial charge on any atom is 0.119 e.